The molecule has 4 rings (SSSR count). The van der Waals surface area contributed by atoms with Gasteiger partial charge in [0.1, 0.15) is 11.4 Å². The molecule has 1 aliphatic rings. The summed E-state index contributed by atoms with van der Waals surface area (Å²) in [5.41, 5.74) is 1.28. The first-order valence-electron chi connectivity index (χ1n) is 12.0. The Morgan fingerprint density at radius 2 is 1.83 bits per heavy atom. The summed E-state index contributed by atoms with van der Waals surface area (Å²) in [6, 6.07) is 5.97. The Kier molecular flexibility index (Phi) is 7.05. The van der Waals surface area contributed by atoms with Crippen LogP contribution in [0.1, 0.15) is 57.3 Å². The molecule has 8 nitrogen and oxygen atoms in total. The average molecular weight is 482 g/mol. The van der Waals surface area contributed by atoms with Crippen LogP contribution in [0.2, 0.25) is 0 Å². The number of carbonyl (C=O) groups excluding carboxylic acids is 2. The van der Waals surface area contributed by atoms with Crippen molar-refractivity contribution in [3.05, 3.63) is 54.2 Å². The molecular formula is C26H32FN5O3. The molecule has 3 heterocycles. The summed E-state index contributed by atoms with van der Waals surface area (Å²) in [4.78, 5) is 31.6. The molecule has 1 N–H and O–H groups in total. The summed E-state index contributed by atoms with van der Waals surface area (Å²) < 4.78 is 20.5. The van der Waals surface area contributed by atoms with Crippen molar-refractivity contribution in [1.82, 2.24) is 25.0 Å². The Bertz CT molecular complexity index is 1190. The molecule has 1 aliphatic heterocycles. The summed E-state index contributed by atoms with van der Waals surface area (Å²) in [6.45, 7) is 8.84. The summed E-state index contributed by atoms with van der Waals surface area (Å²) >= 11 is 0. The zero-order valence-corrected chi connectivity index (χ0v) is 20.6. The smallest absolute Gasteiger partial charge is 0.410 e. The number of ether oxygens (including phenoxy) is 1. The number of carbonyl (C=O) groups is 2. The van der Waals surface area contributed by atoms with Gasteiger partial charge in [0.25, 0.3) is 5.91 Å². The molecule has 0 saturated carbocycles. The fourth-order valence-electron chi connectivity index (χ4n) is 4.52. The maximum absolute atomic E-state index is 13.3. The predicted molar refractivity (Wildman–Crippen MR) is 131 cm³/mol. The van der Waals surface area contributed by atoms with E-state index in [-0.39, 0.29) is 29.8 Å². The van der Waals surface area contributed by atoms with Crippen LogP contribution in [0.4, 0.5) is 9.18 Å². The summed E-state index contributed by atoms with van der Waals surface area (Å²) in [7, 11) is 0. The van der Waals surface area contributed by atoms with Gasteiger partial charge in [-0.1, -0.05) is 6.92 Å². The third kappa shape index (κ3) is 5.61. The van der Waals surface area contributed by atoms with Gasteiger partial charge in [-0.05, 0) is 70.2 Å². The van der Waals surface area contributed by atoms with Gasteiger partial charge in [0, 0.05) is 30.7 Å². The van der Waals surface area contributed by atoms with Gasteiger partial charge in [-0.2, -0.15) is 5.10 Å². The van der Waals surface area contributed by atoms with E-state index in [1.165, 1.54) is 12.1 Å². The average Bonchev–Trinajstić information content (AvgIpc) is 3.26. The SMILES string of the molecule is CCC(NC(=O)c1cncc2c1cnn2-c1ccc(F)cc1)C1CCN(C(=O)OC(C)(C)C)CC1. The third-order valence-corrected chi connectivity index (χ3v) is 6.33. The van der Waals surface area contributed by atoms with Crippen LogP contribution in [0.5, 0.6) is 0 Å². The zero-order chi connectivity index (χ0) is 25.2. The molecule has 9 heteroatoms. The first-order chi connectivity index (χ1) is 16.7. The molecule has 0 radical (unpaired) electrons. The largest absolute Gasteiger partial charge is 0.444 e. The quantitative estimate of drug-likeness (QED) is 0.570. The van der Waals surface area contributed by atoms with Crippen molar-refractivity contribution >= 4 is 22.9 Å². The Balaban J connectivity index is 1.45. The first-order valence-corrected chi connectivity index (χ1v) is 12.0. The van der Waals surface area contributed by atoms with Gasteiger partial charge in [-0.25, -0.2) is 13.9 Å². The zero-order valence-electron chi connectivity index (χ0n) is 20.6. The summed E-state index contributed by atoms with van der Waals surface area (Å²) in [5, 5.41) is 8.26. The standard InChI is InChI=1S/C26H32FN5O3/c1-5-22(17-10-12-31(13-11-17)25(34)35-26(2,3)4)30-24(33)21-14-28-16-23-20(21)15-29-32(23)19-8-6-18(27)7-9-19/h6-9,14-17,22H,5,10-13H2,1-4H3,(H,30,33). The molecule has 1 unspecified atom stereocenters. The van der Waals surface area contributed by atoms with Gasteiger partial charge >= 0.3 is 6.09 Å². The predicted octanol–water partition coefficient (Wildman–Crippen LogP) is 4.72. The number of rotatable bonds is 5. The van der Waals surface area contributed by atoms with Crippen molar-refractivity contribution in [1.29, 1.82) is 0 Å². The molecular weight excluding hydrogens is 449 g/mol. The highest BCUT2D eigenvalue weighted by atomic mass is 19.1. The second kappa shape index (κ2) is 10.0. The number of piperidine rings is 1. The van der Waals surface area contributed by atoms with Crippen molar-refractivity contribution in [2.75, 3.05) is 13.1 Å². The number of likely N-dealkylation sites (tertiary alicyclic amines) is 1. The van der Waals surface area contributed by atoms with Crippen LogP contribution in [-0.4, -0.2) is 56.4 Å². The Hall–Kier alpha value is -3.49. The minimum absolute atomic E-state index is 0.0225. The molecule has 3 aromatic rings. The maximum Gasteiger partial charge on any atom is 0.410 e. The molecule has 2 amide bonds. The van der Waals surface area contributed by atoms with E-state index in [9.17, 15) is 14.0 Å². The Morgan fingerprint density at radius 3 is 2.46 bits per heavy atom. The van der Waals surface area contributed by atoms with Crippen LogP contribution in [0.3, 0.4) is 0 Å². The van der Waals surface area contributed by atoms with Crippen LogP contribution < -0.4 is 5.32 Å². The van der Waals surface area contributed by atoms with Crippen LogP contribution >= 0.6 is 0 Å². The van der Waals surface area contributed by atoms with Crippen LogP contribution in [-0.2, 0) is 4.74 Å². The molecule has 1 fully saturated rings. The Morgan fingerprint density at radius 1 is 1.14 bits per heavy atom. The van der Waals surface area contributed by atoms with Crippen LogP contribution in [0.15, 0.2) is 42.9 Å². The highest BCUT2D eigenvalue weighted by Crippen LogP contribution is 2.26. The van der Waals surface area contributed by atoms with E-state index >= 15 is 0 Å². The molecule has 2 aromatic heterocycles. The van der Waals surface area contributed by atoms with Crippen molar-refractivity contribution in [2.24, 2.45) is 5.92 Å². The van der Waals surface area contributed by atoms with Crippen molar-refractivity contribution in [3.8, 4) is 5.69 Å². The number of hydrogen-bond acceptors (Lipinski definition) is 5. The van der Waals surface area contributed by atoms with E-state index in [2.05, 4.69) is 22.3 Å². The minimum Gasteiger partial charge on any atom is -0.444 e. The summed E-state index contributed by atoms with van der Waals surface area (Å²) in [5.74, 6) is -0.272. The molecule has 1 atom stereocenters. The van der Waals surface area contributed by atoms with Gasteiger partial charge < -0.3 is 15.0 Å². The lowest BCUT2D eigenvalue weighted by atomic mass is 9.88. The number of amides is 2. The van der Waals surface area contributed by atoms with E-state index in [4.69, 9.17) is 4.74 Å². The van der Waals surface area contributed by atoms with E-state index in [1.54, 1.807) is 40.3 Å². The number of nitrogens with zero attached hydrogens (tertiary/aromatic N) is 4. The van der Waals surface area contributed by atoms with Crippen molar-refractivity contribution in [2.45, 2.75) is 58.6 Å². The number of nitrogens with one attached hydrogen (secondary N) is 1. The van der Waals surface area contributed by atoms with Crippen molar-refractivity contribution in [3.63, 3.8) is 0 Å². The minimum atomic E-state index is -0.520. The molecule has 186 valence electrons. The molecule has 0 spiro atoms. The van der Waals surface area contributed by atoms with E-state index in [0.717, 1.165) is 19.3 Å². The normalized spacial score (nSPS) is 15.7. The highest BCUT2D eigenvalue weighted by molar-refractivity contribution is 6.06. The third-order valence-electron chi connectivity index (χ3n) is 6.33. The summed E-state index contributed by atoms with van der Waals surface area (Å²) in [6.07, 6.45) is 6.91. The second-order valence-electron chi connectivity index (χ2n) is 9.95. The van der Waals surface area contributed by atoms with E-state index in [0.29, 0.717) is 35.2 Å². The van der Waals surface area contributed by atoms with Gasteiger partial charge in [0.05, 0.1) is 29.2 Å². The molecule has 0 aliphatic carbocycles. The van der Waals surface area contributed by atoms with Gasteiger partial charge in [-0.3, -0.25) is 9.78 Å². The number of aromatic nitrogens is 3. The molecule has 1 saturated heterocycles. The molecule has 0 bridgehead atoms. The number of hydrogen-bond donors (Lipinski definition) is 1. The second-order valence-corrected chi connectivity index (χ2v) is 9.95. The van der Waals surface area contributed by atoms with Crippen LogP contribution in [0, 0.1) is 11.7 Å². The number of halogens is 1. The lowest BCUT2D eigenvalue weighted by Gasteiger charge is -2.36. The van der Waals surface area contributed by atoms with Crippen LogP contribution in [0.25, 0.3) is 16.6 Å². The highest BCUT2D eigenvalue weighted by Gasteiger charge is 2.31. The Labute approximate surface area is 204 Å². The lowest BCUT2D eigenvalue weighted by Crippen LogP contribution is -2.47. The topological polar surface area (TPSA) is 89.4 Å². The van der Waals surface area contributed by atoms with E-state index in [1.807, 2.05) is 20.8 Å². The fourth-order valence-corrected chi connectivity index (χ4v) is 4.52. The molecule has 35 heavy (non-hydrogen) atoms. The van der Waals surface area contributed by atoms with Crippen molar-refractivity contribution < 1.29 is 18.7 Å². The first kappa shape index (κ1) is 24.6. The van der Waals surface area contributed by atoms with E-state index < -0.39 is 5.60 Å². The maximum atomic E-state index is 13.3. The number of benzene rings is 1. The molecule has 1 aromatic carbocycles. The number of pyridine rings is 1. The van der Waals surface area contributed by atoms with Gasteiger partial charge in [0.15, 0.2) is 0 Å². The number of fused-ring (bicyclic) bond motifs is 1. The van der Waals surface area contributed by atoms with Gasteiger partial charge in [-0.15, -0.1) is 0 Å². The fraction of sp³-hybridized carbons (Fsp3) is 0.462. The monoisotopic (exact) mass is 481 g/mol. The lowest BCUT2D eigenvalue weighted by molar-refractivity contribution is 0.0167. The van der Waals surface area contributed by atoms with Gasteiger partial charge in [0.2, 0.25) is 0 Å².